The van der Waals surface area contributed by atoms with Crippen molar-refractivity contribution >= 4 is 5.97 Å². The van der Waals surface area contributed by atoms with Crippen LogP contribution in [0.2, 0.25) is 0 Å². The summed E-state index contributed by atoms with van der Waals surface area (Å²) in [4.78, 5) is 12.1. The smallest absolute Gasteiger partial charge is 0.404 e. The number of alkyl halides is 3. The predicted molar refractivity (Wildman–Crippen MR) is 57.4 cm³/mol. The maximum atomic E-state index is 12.7. The molecule has 0 saturated carbocycles. The second-order valence-electron chi connectivity index (χ2n) is 3.59. The molecule has 0 aromatic carbocycles. The summed E-state index contributed by atoms with van der Waals surface area (Å²) in [5, 5.41) is 0. The van der Waals surface area contributed by atoms with Crippen LogP contribution in [0.15, 0.2) is 0 Å². The van der Waals surface area contributed by atoms with E-state index in [1.807, 2.05) is 0 Å². The lowest BCUT2D eigenvalue weighted by Crippen LogP contribution is -2.47. The van der Waals surface area contributed by atoms with Crippen LogP contribution in [-0.4, -0.2) is 49.8 Å². The Morgan fingerprint density at radius 3 is 2.41 bits per heavy atom. The van der Waals surface area contributed by atoms with Gasteiger partial charge in [0, 0.05) is 6.54 Å². The SMILES string of the molecule is CCN(CCC(=O)OC)C(CCN)C(F)(F)F. The van der Waals surface area contributed by atoms with E-state index in [1.54, 1.807) is 6.92 Å². The zero-order valence-corrected chi connectivity index (χ0v) is 10.1. The average molecular weight is 256 g/mol. The molecule has 0 radical (unpaired) electrons. The second kappa shape index (κ2) is 7.50. The van der Waals surface area contributed by atoms with E-state index in [2.05, 4.69) is 4.74 Å². The highest BCUT2D eigenvalue weighted by Gasteiger charge is 2.42. The normalized spacial score (nSPS) is 13.8. The number of carbonyl (C=O) groups is 1. The fourth-order valence-corrected chi connectivity index (χ4v) is 1.58. The van der Waals surface area contributed by atoms with Crippen molar-refractivity contribution in [3.63, 3.8) is 0 Å². The molecule has 0 fully saturated rings. The number of nitrogens with zero attached hydrogens (tertiary/aromatic N) is 1. The lowest BCUT2D eigenvalue weighted by Gasteiger charge is -2.31. The Morgan fingerprint density at radius 2 is 2.06 bits per heavy atom. The molecule has 0 amide bonds. The molecule has 2 N–H and O–H groups in total. The monoisotopic (exact) mass is 256 g/mol. The van der Waals surface area contributed by atoms with Gasteiger partial charge >= 0.3 is 12.1 Å². The molecule has 7 heteroatoms. The van der Waals surface area contributed by atoms with Crippen LogP contribution in [-0.2, 0) is 9.53 Å². The fourth-order valence-electron chi connectivity index (χ4n) is 1.58. The first-order valence-electron chi connectivity index (χ1n) is 5.44. The molecule has 0 saturated heterocycles. The van der Waals surface area contributed by atoms with Gasteiger partial charge in [-0.3, -0.25) is 9.69 Å². The van der Waals surface area contributed by atoms with E-state index >= 15 is 0 Å². The largest absolute Gasteiger partial charge is 0.469 e. The first kappa shape index (κ1) is 16.2. The fraction of sp³-hybridized carbons (Fsp3) is 0.900. The van der Waals surface area contributed by atoms with Crippen molar-refractivity contribution in [2.75, 3.05) is 26.7 Å². The molecular formula is C10H19F3N2O2. The van der Waals surface area contributed by atoms with Gasteiger partial charge in [0.05, 0.1) is 13.5 Å². The van der Waals surface area contributed by atoms with E-state index < -0.39 is 18.2 Å². The zero-order chi connectivity index (χ0) is 13.5. The molecule has 0 aromatic rings. The molecule has 4 nitrogen and oxygen atoms in total. The Hall–Kier alpha value is -0.820. The minimum atomic E-state index is -4.33. The van der Waals surface area contributed by atoms with Gasteiger partial charge in [0.2, 0.25) is 0 Å². The predicted octanol–water partition coefficient (Wildman–Crippen LogP) is 1.15. The first-order valence-corrected chi connectivity index (χ1v) is 5.44. The molecule has 102 valence electrons. The maximum Gasteiger partial charge on any atom is 0.404 e. The van der Waals surface area contributed by atoms with Gasteiger partial charge in [-0.1, -0.05) is 6.92 Å². The van der Waals surface area contributed by atoms with Crippen LogP contribution in [0.5, 0.6) is 0 Å². The van der Waals surface area contributed by atoms with Crippen LogP contribution < -0.4 is 5.73 Å². The number of hydrogen-bond acceptors (Lipinski definition) is 4. The summed E-state index contributed by atoms with van der Waals surface area (Å²) in [6, 6.07) is -1.60. The van der Waals surface area contributed by atoms with Crippen molar-refractivity contribution < 1.29 is 22.7 Å². The summed E-state index contributed by atoms with van der Waals surface area (Å²) in [5.41, 5.74) is 5.18. The van der Waals surface area contributed by atoms with Gasteiger partial charge in [0.15, 0.2) is 0 Å². The van der Waals surface area contributed by atoms with E-state index in [9.17, 15) is 18.0 Å². The van der Waals surface area contributed by atoms with Crippen LogP contribution in [0.25, 0.3) is 0 Å². The van der Waals surface area contributed by atoms with Crippen molar-refractivity contribution in [1.82, 2.24) is 4.90 Å². The maximum absolute atomic E-state index is 12.7. The van der Waals surface area contributed by atoms with Crippen LogP contribution in [0.3, 0.4) is 0 Å². The summed E-state index contributed by atoms with van der Waals surface area (Å²) < 4.78 is 42.6. The highest BCUT2D eigenvalue weighted by Crippen LogP contribution is 2.27. The van der Waals surface area contributed by atoms with Gasteiger partial charge in [-0.15, -0.1) is 0 Å². The molecule has 0 spiro atoms. The Labute approximate surface area is 98.9 Å². The molecule has 17 heavy (non-hydrogen) atoms. The van der Waals surface area contributed by atoms with Gasteiger partial charge in [0.25, 0.3) is 0 Å². The van der Waals surface area contributed by atoms with Crippen molar-refractivity contribution in [2.45, 2.75) is 32.0 Å². The highest BCUT2D eigenvalue weighted by atomic mass is 19.4. The summed E-state index contributed by atoms with van der Waals surface area (Å²) in [5.74, 6) is -0.517. The van der Waals surface area contributed by atoms with Gasteiger partial charge < -0.3 is 10.5 Å². The van der Waals surface area contributed by atoms with Crippen molar-refractivity contribution in [2.24, 2.45) is 5.73 Å². The Bertz CT molecular complexity index is 234. The first-order chi connectivity index (χ1) is 7.86. The van der Waals surface area contributed by atoms with Crippen LogP contribution in [0, 0.1) is 0 Å². The third kappa shape index (κ3) is 5.88. The Morgan fingerprint density at radius 1 is 1.47 bits per heavy atom. The van der Waals surface area contributed by atoms with E-state index in [1.165, 1.54) is 12.0 Å². The molecule has 0 bridgehead atoms. The third-order valence-electron chi connectivity index (χ3n) is 2.50. The minimum absolute atomic E-state index is 0.0212. The van der Waals surface area contributed by atoms with Gasteiger partial charge in [-0.05, 0) is 19.5 Å². The summed E-state index contributed by atoms with van der Waals surface area (Å²) in [6.45, 7) is 1.81. The topological polar surface area (TPSA) is 55.6 Å². The molecule has 0 rings (SSSR count). The molecule has 1 atom stereocenters. The number of nitrogens with two attached hydrogens (primary N) is 1. The quantitative estimate of drug-likeness (QED) is 0.694. The molecule has 0 aliphatic rings. The van der Waals surface area contributed by atoms with E-state index in [0.717, 1.165) is 0 Å². The Balaban J connectivity index is 4.51. The second-order valence-corrected chi connectivity index (χ2v) is 3.59. The summed E-state index contributed by atoms with van der Waals surface area (Å²) in [7, 11) is 1.21. The number of esters is 1. The van der Waals surface area contributed by atoms with Crippen LogP contribution in [0.4, 0.5) is 13.2 Å². The van der Waals surface area contributed by atoms with E-state index in [-0.39, 0.29) is 32.5 Å². The molecule has 0 aliphatic carbocycles. The van der Waals surface area contributed by atoms with Crippen molar-refractivity contribution in [3.05, 3.63) is 0 Å². The number of methoxy groups -OCH3 is 1. The van der Waals surface area contributed by atoms with Crippen LogP contribution in [0.1, 0.15) is 19.8 Å². The molecular weight excluding hydrogens is 237 g/mol. The van der Waals surface area contributed by atoms with E-state index in [4.69, 9.17) is 5.73 Å². The number of ether oxygens (including phenoxy) is 1. The molecule has 1 unspecified atom stereocenters. The lowest BCUT2D eigenvalue weighted by molar-refractivity contribution is -0.185. The standard InChI is InChI=1S/C10H19F3N2O2/c1-3-15(7-5-9(16)17-2)8(4-6-14)10(11,12)13/h8H,3-7,14H2,1-2H3. The molecule has 0 aliphatic heterocycles. The number of halogens is 3. The summed E-state index contributed by atoms with van der Waals surface area (Å²) in [6.07, 6.45) is -4.55. The van der Waals surface area contributed by atoms with Gasteiger partial charge in [-0.2, -0.15) is 13.2 Å². The van der Waals surface area contributed by atoms with Gasteiger partial charge in [0.1, 0.15) is 6.04 Å². The minimum Gasteiger partial charge on any atom is -0.469 e. The number of rotatable bonds is 7. The zero-order valence-electron chi connectivity index (χ0n) is 10.1. The lowest BCUT2D eigenvalue weighted by atomic mass is 10.1. The van der Waals surface area contributed by atoms with E-state index in [0.29, 0.717) is 0 Å². The van der Waals surface area contributed by atoms with Crippen molar-refractivity contribution in [3.8, 4) is 0 Å². The number of carbonyl (C=O) groups excluding carboxylic acids is 1. The number of hydrogen-bond donors (Lipinski definition) is 1. The Kier molecular flexibility index (Phi) is 7.13. The average Bonchev–Trinajstić information content (AvgIpc) is 2.26. The van der Waals surface area contributed by atoms with Crippen molar-refractivity contribution in [1.29, 1.82) is 0 Å². The highest BCUT2D eigenvalue weighted by molar-refractivity contribution is 5.69. The third-order valence-corrected chi connectivity index (χ3v) is 2.50. The van der Waals surface area contributed by atoms with Crippen LogP contribution >= 0.6 is 0 Å². The van der Waals surface area contributed by atoms with Gasteiger partial charge in [-0.25, -0.2) is 0 Å². The molecule has 0 aromatic heterocycles. The summed E-state index contributed by atoms with van der Waals surface area (Å²) >= 11 is 0. The molecule has 0 heterocycles.